The van der Waals surface area contributed by atoms with Gasteiger partial charge in [-0.05, 0) is 77.0 Å². The van der Waals surface area contributed by atoms with Crippen molar-refractivity contribution in [2.24, 2.45) is 5.73 Å². The molecule has 3 atom stereocenters. The van der Waals surface area contributed by atoms with Gasteiger partial charge in [0.15, 0.2) is 6.10 Å². The summed E-state index contributed by atoms with van der Waals surface area (Å²) in [6.07, 6.45) is 47.3. The van der Waals surface area contributed by atoms with Crippen LogP contribution in [-0.2, 0) is 37.5 Å². The first-order valence-electron chi connectivity index (χ1n) is 22.3. The molecule has 0 aliphatic heterocycles. The van der Waals surface area contributed by atoms with Gasteiger partial charge in [0, 0.05) is 12.8 Å². The highest BCUT2D eigenvalue weighted by Gasteiger charge is 2.28. The normalized spacial score (nSPS) is 14.3. The van der Waals surface area contributed by atoms with Gasteiger partial charge in [-0.2, -0.15) is 0 Å². The quantitative estimate of drug-likeness (QED) is 0.0231. The first-order valence-corrected chi connectivity index (χ1v) is 23.8. The second-order valence-corrected chi connectivity index (χ2v) is 16.3. The number of unbranched alkanes of at least 4 members (excludes halogenated alkanes) is 17. The average Bonchev–Trinajstić information content (AvgIpc) is 3.20. The SMILES string of the molecule is CCCCCCCC/C=C/CCCCCC(=O)O[C@@H](COC(=O)CCC/C=C/C/C=C/C/C=C/C/C=C/CCCCCCCCC)COP(=O)(O)OC[C@H](N)C(=O)O. The molecule has 0 aromatic carbocycles. The van der Waals surface area contributed by atoms with Crippen molar-refractivity contribution in [1.82, 2.24) is 0 Å². The number of carboxylic acids is 1. The molecule has 0 aromatic rings. The van der Waals surface area contributed by atoms with E-state index in [0.717, 1.165) is 44.9 Å². The van der Waals surface area contributed by atoms with Gasteiger partial charge < -0.3 is 25.2 Å². The molecule has 58 heavy (non-hydrogen) atoms. The van der Waals surface area contributed by atoms with Crippen molar-refractivity contribution >= 4 is 25.7 Å². The number of hydrogen-bond acceptors (Lipinski definition) is 9. The Morgan fingerprint density at radius 1 is 0.534 bits per heavy atom. The molecule has 0 rings (SSSR count). The van der Waals surface area contributed by atoms with Crippen LogP contribution in [0.4, 0.5) is 0 Å². The van der Waals surface area contributed by atoms with Gasteiger partial charge in [-0.25, -0.2) is 4.57 Å². The predicted octanol–water partition coefficient (Wildman–Crippen LogP) is 12.0. The molecule has 0 aliphatic carbocycles. The molecule has 0 heterocycles. The Balaban J connectivity index is 4.44. The highest BCUT2D eigenvalue weighted by atomic mass is 31.2. The molecular weight excluding hydrogens is 757 g/mol. The van der Waals surface area contributed by atoms with E-state index in [-0.39, 0.29) is 19.4 Å². The molecule has 334 valence electrons. The van der Waals surface area contributed by atoms with Crippen molar-refractivity contribution in [2.75, 3.05) is 19.8 Å². The number of hydrogen-bond donors (Lipinski definition) is 3. The number of ether oxygens (including phenoxy) is 2. The van der Waals surface area contributed by atoms with E-state index in [9.17, 15) is 23.8 Å². The lowest BCUT2D eigenvalue weighted by Gasteiger charge is -2.20. The minimum atomic E-state index is -4.73. The zero-order chi connectivity index (χ0) is 42.8. The van der Waals surface area contributed by atoms with E-state index in [4.69, 9.17) is 24.8 Å². The van der Waals surface area contributed by atoms with Crippen molar-refractivity contribution in [3.8, 4) is 0 Å². The minimum absolute atomic E-state index is 0.127. The zero-order valence-electron chi connectivity index (χ0n) is 36.1. The Hall–Kier alpha value is -2.82. The van der Waals surface area contributed by atoms with Crippen LogP contribution in [0.15, 0.2) is 60.8 Å². The summed E-state index contributed by atoms with van der Waals surface area (Å²) >= 11 is 0. The largest absolute Gasteiger partial charge is 0.480 e. The Kier molecular flexibility index (Phi) is 38.9. The van der Waals surface area contributed by atoms with Crippen LogP contribution in [0.1, 0.15) is 181 Å². The average molecular weight is 838 g/mol. The number of carboxylic acid groups (broad SMARTS) is 1. The lowest BCUT2D eigenvalue weighted by atomic mass is 10.1. The summed E-state index contributed by atoms with van der Waals surface area (Å²) in [6, 6.07) is -1.53. The molecule has 0 aliphatic rings. The third-order valence-corrected chi connectivity index (χ3v) is 10.2. The highest BCUT2D eigenvalue weighted by molar-refractivity contribution is 7.47. The topological polar surface area (TPSA) is 172 Å². The van der Waals surface area contributed by atoms with E-state index >= 15 is 0 Å². The van der Waals surface area contributed by atoms with Crippen molar-refractivity contribution < 1.29 is 47.5 Å². The molecule has 12 heteroatoms. The van der Waals surface area contributed by atoms with Crippen LogP contribution < -0.4 is 5.73 Å². The van der Waals surface area contributed by atoms with Crippen LogP contribution >= 0.6 is 7.82 Å². The van der Waals surface area contributed by atoms with Crippen molar-refractivity contribution in [3.63, 3.8) is 0 Å². The summed E-state index contributed by atoms with van der Waals surface area (Å²) in [7, 11) is -4.73. The van der Waals surface area contributed by atoms with Gasteiger partial charge in [-0.15, -0.1) is 0 Å². The number of esters is 2. The first kappa shape index (κ1) is 55.2. The first-order chi connectivity index (χ1) is 28.1. The smallest absolute Gasteiger partial charge is 0.472 e. The second-order valence-electron chi connectivity index (χ2n) is 14.8. The molecular formula is C46H80NO10P. The fourth-order valence-electron chi connectivity index (χ4n) is 5.70. The number of phosphoric acid groups is 1. The van der Waals surface area contributed by atoms with Gasteiger partial charge in [0.25, 0.3) is 0 Å². The molecule has 0 fully saturated rings. The summed E-state index contributed by atoms with van der Waals surface area (Å²) in [5, 5.41) is 8.88. The number of nitrogens with two attached hydrogens (primary N) is 1. The fourth-order valence-corrected chi connectivity index (χ4v) is 6.48. The molecule has 0 saturated heterocycles. The number of rotatable bonds is 41. The maximum absolute atomic E-state index is 12.6. The summed E-state index contributed by atoms with van der Waals surface area (Å²) in [6.45, 7) is 2.71. The summed E-state index contributed by atoms with van der Waals surface area (Å²) in [4.78, 5) is 45.9. The predicted molar refractivity (Wildman–Crippen MR) is 235 cm³/mol. The maximum atomic E-state index is 12.6. The van der Waals surface area contributed by atoms with Gasteiger partial charge in [-0.3, -0.25) is 23.4 Å². The standard InChI is InChI=1S/C46H80NO10P/c1-3-5-7-9-11-13-15-17-18-19-20-21-22-23-24-26-27-29-31-33-35-37-44(48)54-39-42(40-55-58(52,53)56-41-43(47)46(50)51)57-45(49)38-36-34-32-30-28-25-16-14-12-10-8-6-4-2/h18-19,21-22,24-26,28-29,31,42-43H,3-17,20,23,27,30,32-41,47H2,1-2H3,(H,50,51)(H,52,53)/b19-18+,22-21+,26-24+,28-25+,31-29+/t42-,43-/m0/s1. The molecule has 0 aromatic heterocycles. The molecule has 0 saturated carbocycles. The number of allylic oxidation sites excluding steroid dienone is 10. The third-order valence-electron chi connectivity index (χ3n) is 9.24. The zero-order valence-corrected chi connectivity index (χ0v) is 37.0. The lowest BCUT2D eigenvalue weighted by molar-refractivity contribution is -0.161. The number of phosphoric ester groups is 1. The van der Waals surface area contributed by atoms with Gasteiger partial charge in [0.05, 0.1) is 13.2 Å². The Morgan fingerprint density at radius 3 is 1.43 bits per heavy atom. The monoisotopic (exact) mass is 838 g/mol. The van der Waals surface area contributed by atoms with Crippen molar-refractivity contribution in [3.05, 3.63) is 60.8 Å². The molecule has 0 spiro atoms. The van der Waals surface area contributed by atoms with Crippen LogP contribution in [0, 0.1) is 0 Å². The summed E-state index contributed by atoms with van der Waals surface area (Å²) < 4.78 is 32.6. The van der Waals surface area contributed by atoms with Gasteiger partial charge in [-0.1, -0.05) is 152 Å². The Labute approximate surface area is 351 Å². The highest BCUT2D eigenvalue weighted by Crippen LogP contribution is 2.43. The van der Waals surface area contributed by atoms with Crippen molar-refractivity contribution in [2.45, 2.75) is 193 Å². The number of carbonyl (C=O) groups excluding carboxylic acids is 2. The van der Waals surface area contributed by atoms with Gasteiger partial charge >= 0.3 is 25.7 Å². The molecule has 1 unspecified atom stereocenters. The number of carbonyl (C=O) groups is 3. The molecule has 4 N–H and O–H groups in total. The molecule has 0 bridgehead atoms. The van der Waals surface area contributed by atoms with Crippen molar-refractivity contribution in [1.29, 1.82) is 0 Å². The Bertz CT molecular complexity index is 1210. The second kappa shape index (κ2) is 40.9. The third kappa shape index (κ3) is 40.0. The van der Waals surface area contributed by atoms with Gasteiger partial charge in [0.2, 0.25) is 0 Å². The summed E-state index contributed by atoms with van der Waals surface area (Å²) in [5.41, 5.74) is 5.33. The van der Waals surface area contributed by atoms with Crippen LogP contribution in [0.3, 0.4) is 0 Å². The minimum Gasteiger partial charge on any atom is -0.480 e. The molecule has 0 amide bonds. The van der Waals surface area contributed by atoms with E-state index in [2.05, 4.69) is 73.1 Å². The van der Waals surface area contributed by atoms with E-state index < -0.39 is 51.1 Å². The maximum Gasteiger partial charge on any atom is 0.472 e. The Morgan fingerprint density at radius 2 is 0.931 bits per heavy atom. The van der Waals surface area contributed by atoms with Crippen LogP contribution in [-0.4, -0.2) is 59.9 Å². The lowest BCUT2D eigenvalue weighted by Crippen LogP contribution is -2.34. The van der Waals surface area contributed by atoms with Gasteiger partial charge in [0.1, 0.15) is 12.6 Å². The van der Waals surface area contributed by atoms with E-state index in [1.807, 2.05) is 6.08 Å². The fraction of sp³-hybridized carbons (Fsp3) is 0.717. The summed E-state index contributed by atoms with van der Waals surface area (Å²) in [5.74, 6) is -2.47. The van der Waals surface area contributed by atoms with Crippen LogP contribution in [0.25, 0.3) is 0 Å². The van der Waals surface area contributed by atoms with E-state index in [0.29, 0.717) is 19.3 Å². The van der Waals surface area contributed by atoms with E-state index in [1.165, 1.54) is 89.9 Å². The molecule has 11 nitrogen and oxygen atoms in total. The number of aliphatic carboxylic acids is 1. The molecule has 0 radical (unpaired) electrons. The van der Waals surface area contributed by atoms with Crippen LogP contribution in [0.5, 0.6) is 0 Å². The van der Waals surface area contributed by atoms with Crippen LogP contribution in [0.2, 0.25) is 0 Å². The van der Waals surface area contributed by atoms with E-state index in [1.54, 1.807) is 0 Å².